The fraction of sp³-hybridized carbons (Fsp3) is 0.722. The lowest BCUT2D eigenvalue weighted by Crippen LogP contribution is -2.47. The van der Waals surface area contributed by atoms with Gasteiger partial charge in [-0.25, -0.2) is 4.57 Å². The van der Waals surface area contributed by atoms with Crippen LogP contribution < -0.4 is 5.32 Å². The van der Waals surface area contributed by atoms with Gasteiger partial charge in [-0.1, -0.05) is 259 Å². The van der Waals surface area contributed by atoms with E-state index in [-0.39, 0.29) is 31.5 Å². The predicted octanol–water partition coefficient (Wildman–Crippen LogP) is 21.3. The van der Waals surface area contributed by atoms with Gasteiger partial charge in [-0.3, -0.25) is 18.6 Å². The first-order chi connectivity index (χ1) is 39.9. The first-order valence-corrected chi connectivity index (χ1v) is 35.2. The molecule has 472 valence electrons. The standard InChI is InChI=1S/C72H127N2O7P/c1-7-10-13-16-19-22-25-28-30-32-34-36-37-39-41-43-45-47-50-53-56-59-62-65-72(76)81-70(63-60-57-54-51-48-27-24-21-18-15-12-9-3)69(68-80-82(77,78)79-67-66-74(4,5)6)73-71(75)64-61-58-55-52-49-46-44-42-40-38-35-33-31-29-26-23-20-17-14-11-8-2/h19-20,22-23,28-31,34-36,38-39,41-42,44,60,63,69-70H,7-18,21,24-27,32-33,37,40,43,45-59,61-62,64-68H2,1-6H3,(H-,73,75,77,78)/p+1/b22-19-,23-20-,30-28-,31-29-,36-34-,38-35-,41-39-,44-42-,63-60+. The number of ether oxygens (including phenoxy) is 1. The molecule has 0 rings (SSSR count). The minimum atomic E-state index is -4.47. The van der Waals surface area contributed by atoms with E-state index >= 15 is 0 Å². The monoisotopic (exact) mass is 1160 g/mol. The van der Waals surface area contributed by atoms with E-state index in [9.17, 15) is 19.0 Å². The third-order valence-corrected chi connectivity index (χ3v) is 15.4. The molecule has 0 radical (unpaired) electrons. The van der Waals surface area contributed by atoms with E-state index in [0.29, 0.717) is 17.4 Å². The number of likely N-dealkylation sites (N-methyl/N-ethyl adjacent to an activating group) is 1. The third-order valence-electron chi connectivity index (χ3n) is 14.4. The van der Waals surface area contributed by atoms with Crippen molar-refractivity contribution in [3.63, 3.8) is 0 Å². The highest BCUT2D eigenvalue weighted by Gasteiger charge is 2.30. The summed E-state index contributed by atoms with van der Waals surface area (Å²) in [5.41, 5.74) is 0. The lowest BCUT2D eigenvalue weighted by Gasteiger charge is -2.27. The highest BCUT2D eigenvalue weighted by molar-refractivity contribution is 7.47. The number of hydrogen-bond donors (Lipinski definition) is 2. The van der Waals surface area contributed by atoms with E-state index in [0.717, 1.165) is 128 Å². The zero-order valence-electron chi connectivity index (χ0n) is 54.0. The summed E-state index contributed by atoms with van der Waals surface area (Å²) < 4.78 is 30.8. The molecular formula is C72H128N2O7P+. The highest BCUT2D eigenvalue weighted by Crippen LogP contribution is 2.43. The molecule has 0 bridgehead atoms. The molecule has 3 atom stereocenters. The van der Waals surface area contributed by atoms with Crippen LogP contribution in [0, 0.1) is 0 Å². The number of amides is 1. The van der Waals surface area contributed by atoms with Gasteiger partial charge in [-0.2, -0.15) is 0 Å². The first kappa shape index (κ1) is 78.7. The molecule has 0 aromatic rings. The summed E-state index contributed by atoms with van der Waals surface area (Å²) in [5.74, 6) is -0.541. The average Bonchev–Trinajstić information content (AvgIpc) is 3.44. The van der Waals surface area contributed by atoms with Gasteiger partial charge in [0, 0.05) is 12.8 Å². The molecule has 0 aliphatic rings. The predicted molar refractivity (Wildman–Crippen MR) is 355 cm³/mol. The van der Waals surface area contributed by atoms with E-state index in [1.807, 2.05) is 33.3 Å². The minimum absolute atomic E-state index is 0.0289. The number of carbonyl (C=O) groups excluding carboxylic acids is 2. The van der Waals surface area contributed by atoms with Crippen LogP contribution in [0.15, 0.2) is 109 Å². The van der Waals surface area contributed by atoms with Crippen molar-refractivity contribution in [3.05, 3.63) is 109 Å². The molecule has 0 aromatic heterocycles. The maximum atomic E-state index is 13.6. The molecule has 0 fully saturated rings. The van der Waals surface area contributed by atoms with Gasteiger partial charge in [0.25, 0.3) is 0 Å². The number of phosphoric acid groups is 1. The van der Waals surface area contributed by atoms with Crippen molar-refractivity contribution in [1.29, 1.82) is 0 Å². The topological polar surface area (TPSA) is 111 Å². The number of carbonyl (C=O) groups is 2. The summed E-state index contributed by atoms with van der Waals surface area (Å²) in [6.07, 6.45) is 83.7. The number of phosphoric ester groups is 1. The summed E-state index contributed by atoms with van der Waals surface area (Å²) in [6, 6.07) is -0.871. The van der Waals surface area contributed by atoms with Gasteiger partial charge < -0.3 is 19.4 Å². The Labute approximate surface area is 506 Å². The number of esters is 1. The van der Waals surface area contributed by atoms with Crippen molar-refractivity contribution in [2.45, 2.75) is 296 Å². The summed E-state index contributed by atoms with van der Waals surface area (Å²) in [7, 11) is 1.46. The fourth-order valence-corrected chi connectivity index (χ4v) is 9.94. The van der Waals surface area contributed by atoms with Gasteiger partial charge in [0.1, 0.15) is 19.3 Å². The molecule has 0 heterocycles. The van der Waals surface area contributed by atoms with Crippen LogP contribution in [0.5, 0.6) is 0 Å². The molecular weight excluding hydrogens is 1040 g/mol. The number of rotatable bonds is 60. The summed E-state index contributed by atoms with van der Waals surface area (Å²) in [6.45, 7) is 6.93. The third kappa shape index (κ3) is 61.2. The Morgan fingerprint density at radius 1 is 0.427 bits per heavy atom. The quantitative estimate of drug-likeness (QED) is 0.0205. The molecule has 9 nitrogen and oxygen atoms in total. The molecule has 0 saturated carbocycles. The smallest absolute Gasteiger partial charge is 0.456 e. The lowest BCUT2D eigenvalue weighted by atomic mass is 10.0. The summed E-state index contributed by atoms with van der Waals surface area (Å²) in [5, 5.41) is 3.05. The van der Waals surface area contributed by atoms with Crippen LogP contribution in [-0.2, 0) is 27.9 Å². The number of hydrogen-bond acceptors (Lipinski definition) is 6. The van der Waals surface area contributed by atoms with Crippen molar-refractivity contribution >= 4 is 19.7 Å². The Balaban J connectivity index is 5.24. The highest BCUT2D eigenvalue weighted by atomic mass is 31.2. The van der Waals surface area contributed by atoms with E-state index in [2.05, 4.69) is 123 Å². The lowest BCUT2D eigenvalue weighted by molar-refractivity contribution is -0.870. The second-order valence-corrected chi connectivity index (χ2v) is 25.1. The Morgan fingerprint density at radius 3 is 1.13 bits per heavy atom. The van der Waals surface area contributed by atoms with Gasteiger partial charge in [0.15, 0.2) is 0 Å². The second-order valence-electron chi connectivity index (χ2n) is 23.6. The zero-order valence-corrected chi connectivity index (χ0v) is 54.8. The second kappa shape index (κ2) is 60.8. The molecule has 10 heteroatoms. The molecule has 0 aliphatic heterocycles. The molecule has 2 N–H and O–H groups in total. The number of nitrogens with zero attached hydrogens (tertiary/aromatic N) is 1. The molecule has 0 aromatic carbocycles. The Bertz CT molecular complexity index is 1770. The SMILES string of the molecule is CCCCC/C=C\C/C=C\C/C=C\C/C=C\CCCCCCCCCC(=O)OC(/C=C/CCCCCCCCCCCC)C(COP(=O)(O)OCC[N+](C)(C)C)NC(=O)CCCCCCC/C=C\C/C=C\C/C=C\C/C=C\CCCCC. The van der Waals surface area contributed by atoms with E-state index < -0.39 is 20.0 Å². The van der Waals surface area contributed by atoms with E-state index in [1.54, 1.807) is 0 Å². The van der Waals surface area contributed by atoms with Gasteiger partial charge >= 0.3 is 13.8 Å². The Hall–Kier alpha value is -3.33. The molecule has 0 spiro atoms. The number of unbranched alkanes of at least 4 members (excludes halogenated alkanes) is 28. The Kier molecular flexibility index (Phi) is 58.3. The van der Waals surface area contributed by atoms with Gasteiger partial charge in [-0.05, 0) is 122 Å². The molecule has 3 unspecified atom stereocenters. The van der Waals surface area contributed by atoms with Crippen LogP contribution in [0.3, 0.4) is 0 Å². The molecule has 0 saturated heterocycles. The number of allylic oxidation sites excluding steroid dienone is 17. The minimum Gasteiger partial charge on any atom is -0.456 e. The van der Waals surface area contributed by atoms with Crippen molar-refractivity contribution in [3.8, 4) is 0 Å². The van der Waals surface area contributed by atoms with Crippen LogP contribution in [0.1, 0.15) is 284 Å². The van der Waals surface area contributed by atoms with Crippen LogP contribution in [0.25, 0.3) is 0 Å². The van der Waals surface area contributed by atoms with Crippen molar-refractivity contribution < 1.29 is 37.3 Å². The first-order valence-electron chi connectivity index (χ1n) is 33.7. The van der Waals surface area contributed by atoms with Crippen LogP contribution in [0.2, 0.25) is 0 Å². The van der Waals surface area contributed by atoms with Crippen molar-refractivity contribution in [1.82, 2.24) is 5.32 Å². The fourth-order valence-electron chi connectivity index (χ4n) is 9.20. The average molecular weight is 1160 g/mol. The number of quaternary nitrogens is 1. The number of nitrogens with one attached hydrogen (secondary N) is 1. The normalized spacial score (nSPS) is 14.3. The zero-order chi connectivity index (χ0) is 60.0. The molecule has 1 amide bonds. The van der Waals surface area contributed by atoms with Crippen LogP contribution in [0.4, 0.5) is 0 Å². The van der Waals surface area contributed by atoms with Crippen LogP contribution >= 0.6 is 7.82 Å². The van der Waals surface area contributed by atoms with Crippen LogP contribution in [-0.4, -0.2) is 74.3 Å². The maximum absolute atomic E-state index is 13.6. The molecule has 82 heavy (non-hydrogen) atoms. The van der Waals surface area contributed by atoms with Crippen molar-refractivity contribution in [2.24, 2.45) is 0 Å². The maximum Gasteiger partial charge on any atom is 0.472 e. The Morgan fingerprint density at radius 2 is 0.744 bits per heavy atom. The summed E-state index contributed by atoms with van der Waals surface area (Å²) >= 11 is 0. The summed E-state index contributed by atoms with van der Waals surface area (Å²) in [4.78, 5) is 37.8. The van der Waals surface area contributed by atoms with E-state index in [1.165, 1.54) is 122 Å². The largest absolute Gasteiger partial charge is 0.472 e. The van der Waals surface area contributed by atoms with Gasteiger partial charge in [0.05, 0.1) is 33.8 Å². The van der Waals surface area contributed by atoms with E-state index in [4.69, 9.17) is 13.8 Å². The van der Waals surface area contributed by atoms with Gasteiger partial charge in [-0.15, -0.1) is 0 Å². The molecule has 0 aliphatic carbocycles. The van der Waals surface area contributed by atoms with Crippen molar-refractivity contribution in [2.75, 3.05) is 40.9 Å². The van der Waals surface area contributed by atoms with Gasteiger partial charge in [0.2, 0.25) is 5.91 Å².